The van der Waals surface area contributed by atoms with E-state index in [0.717, 1.165) is 51.9 Å². The molecule has 2 rings (SSSR count). The molecule has 1 saturated heterocycles. The third-order valence-electron chi connectivity index (χ3n) is 4.95. The first kappa shape index (κ1) is 17.7. The highest BCUT2D eigenvalue weighted by atomic mass is 16.5. The second-order valence-electron chi connectivity index (χ2n) is 7.12. The number of aliphatic hydroxyl groups is 1. The molecular weight excluding hydrogens is 280 g/mol. The standard InChI is InChI=1S/C17H32N2O3/c1-13(2)7-12-22-14(3)17(21)19-10-8-18(9-11-19)15-5-4-6-16(15)20/h13-16,20H,4-12H2,1-3H3/t14-,15+,16+/m1/s1. The molecule has 1 amide bonds. The molecule has 0 radical (unpaired) electrons. The van der Waals surface area contributed by atoms with Crippen LogP contribution in [0.25, 0.3) is 0 Å². The number of aliphatic hydroxyl groups excluding tert-OH is 1. The molecule has 5 nitrogen and oxygen atoms in total. The van der Waals surface area contributed by atoms with Gasteiger partial charge in [-0.3, -0.25) is 9.69 Å². The van der Waals surface area contributed by atoms with Crippen LogP contribution in [0.2, 0.25) is 0 Å². The summed E-state index contributed by atoms with van der Waals surface area (Å²) in [6.07, 6.45) is 3.59. The lowest BCUT2D eigenvalue weighted by Crippen LogP contribution is -2.55. The van der Waals surface area contributed by atoms with E-state index in [9.17, 15) is 9.90 Å². The number of hydrogen-bond donors (Lipinski definition) is 1. The van der Waals surface area contributed by atoms with Crippen LogP contribution in [0.3, 0.4) is 0 Å². The first-order valence-corrected chi connectivity index (χ1v) is 8.81. The van der Waals surface area contributed by atoms with Crippen molar-refractivity contribution < 1.29 is 14.6 Å². The topological polar surface area (TPSA) is 53.0 Å². The summed E-state index contributed by atoms with van der Waals surface area (Å²) in [4.78, 5) is 16.7. The zero-order chi connectivity index (χ0) is 16.1. The molecule has 1 aliphatic carbocycles. The third kappa shape index (κ3) is 4.67. The van der Waals surface area contributed by atoms with Gasteiger partial charge in [-0.15, -0.1) is 0 Å². The normalized spacial score (nSPS) is 28.3. The van der Waals surface area contributed by atoms with E-state index >= 15 is 0 Å². The van der Waals surface area contributed by atoms with E-state index in [4.69, 9.17) is 4.74 Å². The van der Waals surface area contributed by atoms with Crippen molar-refractivity contribution in [1.29, 1.82) is 0 Å². The highest BCUT2D eigenvalue weighted by Crippen LogP contribution is 2.25. The fourth-order valence-corrected chi connectivity index (χ4v) is 3.43. The monoisotopic (exact) mass is 312 g/mol. The van der Waals surface area contributed by atoms with Crippen LogP contribution in [0.5, 0.6) is 0 Å². The number of carbonyl (C=O) groups excluding carboxylic acids is 1. The molecule has 128 valence electrons. The van der Waals surface area contributed by atoms with Crippen molar-refractivity contribution in [2.24, 2.45) is 5.92 Å². The van der Waals surface area contributed by atoms with Gasteiger partial charge in [0.1, 0.15) is 6.10 Å². The number of ether oxygens (including phenoxy) is 1. The van der Waals surface area contributed by atoms with Gasteiger partial charge in [-0.2, -0.15) is 0 Å². The van der Waals surface area contributed by atoms with Gasteiger partial charge >= 0.3 is 0 Å². The van der Waals surface area contributed by atoms with Gasteiger partial charge < -0.3 is 14.7 Å². The summed E-state index contributed by atoms with van der Waals surface area (Å²) < 4.78 is 5.67. The SMILES string of the molecule is CC(C)CCO[C@H](C)C(=O)N1CCN([C@H]2CCC[C@@H]2O)CC1. The molecule has 0 unspecified atom stereocenters. The van der Waals surface area contributed by atoms with E-state index in [2.05, 4.69) is 18.7 Å². The Bertz CT molecular complexity index is 354. The van der Waals surface area contributed by atoms with Crippen molar-refractivity contribution in [3.05, 3.63) is 0 Å². The Morgan fingerprint density at radius 3 is 2.41 bits per heavy atom. The summed E-state index contributed by atoms with van der Waals surface area (Å²) in [7, 11) is 0. The smallest absolute Gasteiger partial charge is 0.251 e. The molecule has 5 heteroatoms. The van der Waals surface area contributed by atoms with Crippen molar-refractivity contribution in [3.63, 3.8) is 0 Å². The number of nitrogens with zero attached hydrogens (tertiary/aromatic N) is 2. The van der Waals surface area contributed by atoms with Gasteiger partial charge in [0.2, 0.25) is 0 Å². The summed E-state index contributed by atoms with van der Waals surface area (Å²) in [5, 5.41) is 10.0. The van der Waals surface area contributed by atoms with Crippen LogP contribution in [-0.4, -0.2) is 71.8 Å². The van der Waals surface area contributed by atoms with Crippen LogP contribution in [0, 0.1) is 5.92 Å². The van der Waals surface area contributed by atoms with Gasteiger partial charge in [0.05, 0.1) is 6.10 Å². The van der Waals surface area contributed by atoms with Gasteiger partial charge in [0.15, 0.2) is 0 Å². The molecular formula is C17H32N2O3. The Balaban J connectivity index is 1.72. The second kappa shape index (κ2) is 8.27. The summed E-state index contributed by atoms with van der Waals surface area (Å²) in [6.45, 7) is 10.1. The van der Waals surface area contributed by atoms with E-state index < -0.39 is 0 Å². The fourth-order valence-electron chi connectivity index (χ4n) is 3.43. The lowest BCUT2D eigenvalue weighted by atomic mass is 10.1. The molecule has 0 aromatic rings. The third-order valence-corrected chi connectivity index (χ3v) is 4.95. The maximum Gasteiger partial charge on any atom is 0.251 e. The Labute approximate surface area is 134 Å². The molecule has 1 aliphatic heterocycles. The maximum absolute atomic E-state index is 12.4. The fraction of sp³-hybridized carbons (Fsp3) is 0.941. The quantitative estimate of drug-likeness (QED) is 0.807. The molecule has 0 aromatic heterocycles. The molecule has 1 heterocycles. The van der Waals surface area contributed by atoms with E-state index in [1.807, 2.05) is 11.8 Å². The predicted octanol–water partition coefficient (Wildman–Crippen LogP) is 1.50. The van der Waals surface area contributed by atoms with Crippen LogP contribution in [0.1, 0.15) is 46.5 Å². The highest BCUT2D eigenvalue weighted by molar-refractivity contribution is 5.80. The summed E-state index contributed by atoms with van der Waals surface area (Å²) in [5.41, 5.74) is 0. The highest BCUT2D eigenvalue weighted by Gasteiger charge is 2.34. The minimum Gasteiger partial charge on any atom is -0.391 e. The Hall–Kier alpha value is -0.650. The van der Waals surface area contributed by atoms with Gasteiger partial charge in [0.25, 0.3) is 5.91 Å². The van der Waals surface area contributed by atoms with Crippen LogP contribution in [-0.2, 0) is 9.53 Å². The predicted molar refractivity (Wildman–Crippen MR) is 86.7 cm³/mol. The van der Waals surface area contributed by atoms with Crippen LogP contribution >= 0.6 is 0 Å². The molecule has 22 heavy (non-hydrogen) atoms. The second-order valence-corrected chi connectivity index (χ2v) is 7.12. The number of carbonyl (C=O) groups is 1. The van der Waals surface area contributed by atoms with Crippen molar-refractivity contribution in [1.82, 2.24) is 9.80 Å². The van der Waals surface area contributed by atoms with Crippen molar-refractivity contribution in [3.8, 4) is 0 Å². The van der Waals surface area contributed by atoms with E-state index in [1.165, 1.54) is 0 Å². The average molecular weight is 312 g/mol. The Morgan fingerprint density at radius 2 is 1.86 bits per heavy atom. The summed E-state index contributed by atoms with van der Waals surface area (Å²) in [6, 6.07) is 0.303. The first-order chi connectivity index (χ1) is 10.5. The molecule has 0 spiro atoms. The summed E-state index contributed by atoms with van der Waals surface area (Å²) in [5.74, 6) is 0.707. The largest absolute Gasteiger partial charge is 0.391 e. The minimum atomic E-state index is -0.345. The van der Waals surface area contributed by atoms with Gasteiger partial charge in [0, 0.05) is 38.8 Å². The van der Waals surface area contributed by atoms with Crippen molar-refractivity contribution in [2.45, 2.75) is 64.7 Å². The number of piperazine rings is 1. The lowest BCUT2D eigenvalue weighted by molar-refractivity contribution is -0.145. The number of rotatable bonds is 6. The van der Waals surface area contributed by atoms with Crippen molar-refractivity contribution >= 4 is 5.91 Å². The first-order valence-electron chi connectivity index (χ1n) is 8.81. The molecule has 2 fully saturated rings. The average Bonchev–Trinajstić information content (AvgIpc) is 2.92. The van der Waals surface area contributed by atoms with Gasteiger partial charge in [-0.25, -0.2) is 0 Å². The minimum absolute atomic E-state index is 0.107. The molecule has 3 atom stereocenters. The number of hydrogen-bond acceptors (Lipinski definition) is 4. The van der Waals surface area contributed by atoms with Crippen LogP contribution in [0.15, 0.2) is 0 Å². The Morgan fingerprint density at radius 1 is 1.18 bits per heavy atom. The van der Waals surface area contributed by atoms with Gasteiger partial charge in [-0.1, -0.05) is 13.8 Å². The molecule has 0 bridgehead atoms. The zero-order valence-corrected chi connectivity index (χ0v) is 14.3. The van der Waals surface area contributed by atoms with Gasteiger partial charge in [-0.05, 0) is 38.5 Å². The molecule has 0 aromatic carbocycles. The lowest BCUT2D eigenvalue weighted by Gasteiger charge is -2.39. The van der Waals surface area contributed by atoms with E-state index in [1.54, 1.807) is 0 Å². The van der Waals surface area contributed by atoms with Crippen LogP contribution in [0.4, 0.5) is 0 Å². The molecule has 1 N–H and O–H groups in total. The van der Waals surface area contributed by atoms with E-state index in [-0.39, 0.29) is 18.1 Å². The molecule has 2 aliphatic rings. The molecule has 1 saturated carbocycles. The van der Waals surface area contributed by atoms with E-state index in [0.29, 0.717) is 18.6 Å². The van der Waals surface area contributed by atoms with Crippen LogP contribution < -0.4 is 0 Å². The number of amides is 1. The van der Waals surface area contributed by atoms with Crippen molar-refractivity contribution in [2.75, 3.05) is 32.8 Å². The summed E-state index contributed by atoms with van der Waals surface area (Å²) >= 11 is 0. The Kier molecular flexibility index (Phi) is 6.66. The maximum atomic E-state index is 12.4. The zero-order valence-electron chi connectivity index (χ0n) is 14.3.